The molecule has 0 saturated carbocycles. The molecule has 1 aliphatic rings. The summed E-state index contributed by atoms with van der Waals surface area (Å²) in [5.41, 5.74) is -0.442. The van der Waals surface area contributed by atoms with E-state index in [-0.39, 0.29) is 5.97 Å². The van der Waals surface area contributed by atoms with Crippen molar-refractivity contribution in [2.45, 2.75) is 46.1 Å². The first-order valence-electron chi connectivity index (χ1n) is 6.79. The Balaban J connectivity index is 1.89. The van der Waals surface area contributed by atoms with Gasteiger partial charge >= 0.3 is 5.97 Å². The van der Waals surface area contributed by atoms with Gasteiger partial charge in [-0.15, -0.1) is 11.3 Å². The quantitative estimate of drug-likeness (QED) is 0.866. The second kappa shape index (κ2) is 6.01. The lowest BCUT2D eigenvalue weighted by molar-refractivity contribution is -0.154. The molecule has 0 spiro atoms. The zero-order valence-electron chi connectivity index (χ0n) is 11.9. The molecule has 1 aromatic heterocycles. The molecule has 2 rings (SSSR count). The number of piperidine rings is 1. The molecular weight excluding hydrogens is 260 g/mol. The molecule has 1 aromatic rings. The van der Waals surface area contributed by atoms with Crippen LogP contribution in [0.3, 0.4) is 0 Å². The van der Waals surface area contributed by atoms with Crippen molar-refractivity contribution in [3.05, 3.63) is 16.1 Å². The minimum Gasteiger partial charge on any atom is -0.459 e. The minimum absolute atomic E-state index is 0.163. The van der Waals surface area contributed by atoms with Gasteiger partial charge < -0.3 is 10.1 Å². The van der Waals surface area contributed by atoms with Crippen LogP contribution in [0.4, 0.5) is 0 Å². The first-order chi connectivity index (χ1) is 8.97. The topological polar surface area (TPSA) is 51.2 Å². The lowest BCUT2D eigenvalue weighted by Crippen LogP contribution is -2.26. The van der Waals surface area contributed by atoms with E-state index >= 15 is 0 Å². The maximum Gasteiger partial charge on any atom is 0.311 e. The molecule has 19 heavy (non-hydrogen) atoms. The zero-order chi connectivity index (χ0) is 13.9. The average molecular weight is 282 g/mol. The standard InChI is InChI=1S/C14H22N2O2S/c1-14(2,3)13(17)18-9-11-8-16-12(19-11)10-4-6-15-7-5-10/h8,10,15H,4-7,9H2,1-3H3. The Hall–Kier alpha value is -0.940. The third-order valence-electron chi connectivity index (χ3n) is 3.22. The molecule has 2 heterocycles. The number of carbonyl (C=O) groups is 1. The summed E-state index contributed by atoms with van der Waals surface area (Å²) in [6, 6.07) is 0. The predicted octanol–water partition coefficient (Wildman–Crippen LogP) is 2.70. The molecule has 0 unspecified atom stereocenters. The largest absolute Gasteiger partial charge is 0.459 e. The van der Waals surface area contributed by atoms with E-state index in [1.807, 2.05) is 27.0 Å². The van der Waals surface area contributed by atoms with Crippen LogP contribution in [0.15, 0.2) is 6.20 Å². The molecule has 4 nitrogen and oxygen atoms in total. The third kappa shape index (κ3) is 4.01. The number of hydrogen-bond acceptors (Lipinski definition) is 5. The van der Waals surface area contributed by atoms with Gasteiger partial charge in [0.2, 0.25) is 0 Å². The van der Waals surface area contributed by atoms with Crippen LogP contribution in [0.5, 0.6) is 0 Å². The smallest absolute Gasteiger partial charge is 0.311 e. The van der Waals surface area contributed by atoms with Crippen molar-refractivity contribution in [2.75, 3.05) is 13.1 Å². The second-order valence-corrected chi connectivity index (χ2v) is 7.16. The van der Waals surface area contributed by atoms with Crippen LogP contribution in [0, 0.1) is 5.41 Å². The highest BCUT2D eigenvalue weighted by molar-refractivity contribution is 7.11. The summed E-state index contributed by atoms with van der Waals surface area (Å²) in [7, 11) is 0. The van der Waals surface area contributed by atoms with Crippen molar-refractivity contribution in [1.82, 2.24) is 10.3 Å². The van der Waals surface area contributed by atoms with Gasteiger partial charge in [-0.1, -0.05) is 0 Å². The van der Waals surface area contributed by atoms with Crippen molar-refractivity contribution >= 4 is 17.3 Å². The highest BCUT2D eigenvalue weighted by Gasteiger charge is 2.23. The van der Waals surface area contributed by atoms with Crippen LogP contribution in [0.2, 0.25) is 0 Å². The van der Waals surface area contributed by atoms with Gasteiger partial charge in [-0.2, -0.15) is 0 Å². The fraction of sp³-hybridized carbons (Fsp3) is 0.714. The van der Waals surface area contributed by atoms with Crippen LogP contribution < -0.4 is 5.32 Å². The average Bonchev–Trinajstić information content (AvgIpc) is 2.84. The highest BCUT2D eigenvalue weighted by atomic mass is 32.1. The molecule has 0 atom stereocenters. The molecule has 1 saturated heterocycles. The lowest BCUT2D eigenvalue weighted by atomic mass is 9.97. The van der Waals surface area contributed by atoms with Crippen molar-refractivity contribution in [3.63, 3.8) is 0 Å². The Morgan fingerprint density at radius 1 is 1.47 bits per heavy atom. The Bertz CT molecular complexity index is 431. The van der Waals surface area contributed by atoms with E-state index in [9.17, 15) is 4.79 Å². The van der Waals surface area contributed by atoms with Gasteiger partial charge in [0.1, 0.15) is 6.61 Å². The molecule has 1 fully saturated rings. The Labute approximate surface area is 118 Å². The first kappa shape index (κ1) is 14.5. The van der Waals surface area contributed by atoms with Crippen LogP contribution in [-0.4, -0.2) is 24.0 Å². The summed E-state index contributed by atoms with van der Waals surface area (Å²) in [5, 5.41) is 4.54. The molecule has 0 amide bonds. The van der Waals surface area contributed by atoms with Gasteiger partial charge in [-0.25, -0.2) is 4.98 Å². The van der Waals surface area contributed by atoms with Crippen molar-refractivity contribution < 1.29 is 9.53 Å². The molecular formula is C14H22N2O2S. The normalized spacial score (nSPS) is 17.4. The fourth-order valence-corrected chi connectivity index (χ4v) is 3.00. The van der Waals surface area contributed by atoms with E-state index in [4.69, 9.17) is 4.74 Å². The lowest BCUT2D eigenvalue weighted by Gasteiger charge is -2.20. The number of aromatic nitrogens is 1. The Morgan fingerprint density at radius 2 is 2.16 bits per heavy atom. The summed E-state index contributed by atoms with van der Waals surface area (Å²) in [5.74, 6) is 0.405. The van der Waals surface area contributed by atoms with Gasteiger partial charge in [-0.05, 0) is 46.7 Å². The number of nitrogens with one attached hydrogen (secondary N) is 1. The number of nitrogens with zero attached hydrogens (tertiary/aromatic N) is 1. The summed E-state index contributed by atoms with van der Waals surface area (Å²) in [4.78, 5) is 17.2. The minimum atomic E-state index is -0.442. The van der Waals surface area contributed by atoms with E-state index in [1.54, 1.807) is 11.3 Å². The van der Waals surface area contributed by atoms with Crippen LogP contribution >= 0.6 is 11.3 Å². The Morgan fingerprint density at radius 3 is 2.79 bits per heavy atom. The maximum atomic E-state index is 11.7. The van der Waals surface area contributed by atoms with Gasteiger partial charge in [-0.3, -0.25) is 4.79 Å². The van der Waals surface area contributed by atoms with Crippen molar-refractivity contribution in [3.8, 4) is 0 Å². The maximum absolute atomic E-state index is 11.7. The van der Waals surface area contributed by atoms with Crippen LogP contribution in [0.1, 0.15) is 49.4 Å². The van der Waals surface area contributed by atoms with Gasteiger partial charge in [0.05, 0.1) is 15.3 Å². The number of rotatable bonds is 3. The highest BCUT2D eigenvalue weighted by Crippen LogP contribution is 2.29. The zero-order valence-corrected chi connectivity index (χ0v) is 12.7. The van der Waals surface area contributed by atoms with E-state index in [0.29, 0.717) is 12.5 Å². The van der Waals surface area contributed by atoms with Crippen LogP contribution in [-0.2, 0) is 16.1 Å². The monoisotopic (exact) mass is 282 g/mol. The summed E-state index contributed by atoms with van der Waals surface area (Å²) in [6.07, 6.45) is 4.14. The third-order valence-corrected chi connectivity index (χ3v) is 4.35. The second-order valence-electron chi connectivity index (χ2n) is 6.02. The van der Waals surface area contributed by atoms with Crippen LogP contribution in [0.25, 0.3) is 0 Å². The number of ether oxygens (including phenoxy) is 1. The number of esters is 1. The molecule has 1 N–H and O–H groups in total. The molecule has 0 radical (unpaired) electrons. The van der Waals surface area contributed by atoms with E-state index in [0.717, 1.165) is 30.8 Å². The molecule has 0 bridgehead atoms. The van der Waals surface area contributed by atoms with Gasteiger partial charge in [0, 0.05) is 12.1 Å². The van der Waals surface area contributed by atoms with E-state index in [1.165, 1.54) is 5.01 Å². The predicted molar refractivity (Wildman–Crippen MR) is 76.2 cm³/mol. The molecule has 0 aromatic carbocycles. The summed E-state index contributed by atoms with van der Waals surface area (Å²) < 4.78 is 5.31. The van der Waals surface area contributed by atoms with E-state index in [2.05, 4.69) is 10.3 Å². The van der Waals surface area contributed by atoms with Crippen molar-refractivity contribution in [2.24, 2.45) is 5.41 Å². The van der Waals surface area contributed by atoms with Gasteiger partial charge in [0.25, 0.3) is 0 Å². The molecule has 0 aliphatic carbocycles. The summed E-state index contributed by atoms with van der Waals surface area (Å²) in [6.45, 7) is 8.07. The Kier molecular flexibility index (Phi) is 4.58. The van der Waals surface area contributed by atoms with Gasteiger partial charge in [0.15, 0.2) is 0 Å². The molecule has 106 valence electrons. The fourth-order valence-electron chi connectivity index (χ4n) is 2.00. The SMILES string of the molecule is CC(C)(C)C(=O)OCc1cnc(C2CCNCC2)s1. The molecule has 5 heteroatoms. The molecule has 1 aliphatic heterocycles. The first-order valence-corrected chi connectivity index (χ1v) is 7.61. The number of hydrogen-bond donors (Lipinski definition) is 1. The van der Waals surface area contributed by atoms with Crippen molar-refractivity contribution in [1.29, 1.82) is 0 Å². The number of carbonyl (C=O) groups excluding carboxylic acids is 1. The number of thiazole rings is 1. The summed E-state index contributed by atoms with van der Waals surface area (Å²) >= 11 is 1.68. The van der Waals surface area contributed by atoms with E-state index < -0.39 is 5.41 Å².